The topological polar surface area (TPSA) is 117 Å². The first-order chi connectivity index (χ1) is 40.2. The van der Waals surface area contributed by atoms with Crippen LogP contribution in [0.2, 0.25) is 0 Å². The van der Waals surface area contributed by atoms with Crippen LogP contribution < -0.4 is 9.79 Å². The third-order valence-electron chi connectivity index (χ3n) is 15.6. The first kappa shape index (κ1) is 86.9. The summed E-state index contributed by atoms with van der Waals surface area (Å²) < 4.78 is 44.0. The van der Waals surface area contributed by atoms with E-state index in [9.17, 15) is 18.9 Å². The molecule has 0 rings (SSSR count). The third kappa shape index (κ3) is 81.7. The summed E-state index contributed by atoms with van der Waals surface area (Å²) in [6.45, 7) is 10.0. The number of phosphoric acid groups is 2. The molecule has 0 unspecified atom stereocenters. The summed E-state index contributed by atoms with van der Waals surface area (Å²) in [5.41, 5.74) is 0. The molecule has 0 radical (unpaired) electrons. The molecule has 0 spiro atoms. The van der Waals surface area contributed by atoms with E-state index in [1.807, 2.05) is 0 Å². The fourth-order valence-electron chi connectivity index (χ4n) is 10.2. The second-order valence-electron chi connectivity index (χ2n) is 24.0. The van der Waals surface area contributed by atoms with E-state index in [0.29, 0.717) is 0 Å². The molecular weight excluding hydrogens is 1110 g/mol. The van der Waals surface area contributed by atoms with Gasteiger partial charge in [0, 0.05) is 0 Å². The number of phosphoric ester groups is 2. The van der Waals surface area contributed by atoms with Crippen molar-refractivity contribution in [3.8, 4) is 0 Å². The van der Waals surface area contributed by atoms with Gasteiger partial charge in [0.25, 0.3) is 15.6 Å². The van der Waals surface area contributed by atoms with Gasteiger partial charge in [-0.3, -0.25) is 9.13 Å². The summed E-state index contributed by atoms with van der Waals surface area (Å²) in [7, 11) is -8.27. The van der Waals surface area contributed by atoms with E-state index < -0.39 is 15.6 Å². The van der Waals surface area contributed by atoms with Gasteiger partial charge in [-0.25, -0.2) is 0 Å². The van der Waals surface area contributed by atoms with Gasteiger partial charge < -0.3 is 27.9 Å². The quantitative estimate of drug-likeness (QED) is 0.0336. The van der Waals surface area contributed by atoms with Gasteiger partial charge in [-0.1, -0.05) is 307 Å². The minimum atomic E-state index is -4.14. The van der Waals surface area contributed by atoms with Crippen LogP contribution in [0.3, 0.4) is 0 Å². The second-order valence-corrected chi connectivity index (χ2v) is 26.8. The second kappa shape index (κ2) is 76.0. The summed E-state index contributed by atoms with van der Waals surface area (Å²) in [5, 5.41) is 0. The van der Waals surface area contributed by atoms with Crippen LogP contribution in [0.15, 0.2) is 48.6 Å². The maximum absolute atomic E-state index is 11.9. The van der Waals surface area contributed by atoms with Gasteiger partial charge in [-0.15, -0.1) is 0 Å². The Morgan fingerprint density at radius 3 is 0.482 bits per heavy atom. The maximum atomic E-state index is 11.9. The van der Waals surface area contributed by atoms with Gasteiger partial charge in [0.05, 0.1) is 26.4 Å². The Morgan fingerprint density at radius 1 is 0.217 bits per heavy atom. The van der Waals surface area contributed by atoms with Gasteiger partial charge in [-0.05, 0) is 128 Å². The molecule has 0 aromatic rings. The normalized spacial score (nSPS) is 13.4. The van der Waals surface area contributed by atoms with Crippen LogP contribution in [0.4, 0.5) is 0 Å². The van der Waals surface area contributed by atoms with E-state index in [1.54, 1.807) is 0 Å². The molecule has 0 heterocycles. The van der Waals surface area contributed by atoms with Crippen molar-refractivity contribution in [1.29, 1.82) is 0 Å². The van der Waals surface area contributed by atoms with Gasteiger partial charge in [-0.2, -0.15) is 0 Å². The van der Waals surface area contributed by atoms with Gasteiger partial charge >= 0.3 is 17.4 Å². The van der Waals surface area contributed by atoms with Crippen LogP contribution in [0, 0.1) is 0 Å². The molecule has 0 bridgehead atoms. The van der Waals surface area contributed by atoms with E-state index in [2.05, 4.69) is 76.3 Å². The van der Waals surface area contributed by atoms with Crippen LogP contribution >= 0.6 is 15.6 Å². The van der Waals surface area contributed by atoms with Crippen molar-refractivity contribution in [2.45, 2.75) is 387 Å². The predicted octanol–water partition coefficient (Wildman–Crippen LogP) is 25.1. The Balaban J connectivity index is -0.00000152. The van der Waals surface area contributed by atoms with Crippen molar-refractivity contribution in [2.75, 3.05) is 26.4 Å². The predicted molar refractivity (Wildman–Crippen MR) is 357 cm³/mol. The number of allylic oxidation sites excluding steroid dienone is 8. The molecule has 0 aliphatic heterocycles. The van der Waals surface area contributed by atoms with Crippen molar-refractivity contribution in [2.24, 2.45) is 0 Å². The molecule has 0 fully saturated rings. The molecule has 492 valence electrons. The molecule has 83 heavy (non-hydrogen) atoms. The maximum Gasteiger partial charge on any atom is 2.00 e. The zero-order chi connectivity index (χ0) is 59.9. The molecular formula is C72H140CrO8P2. The van der Waals surface area contributed by atoms with Crippen LogP contribution in [0.25, 0.3) is 0 Å². The molecule has 0 atom stereocenters. The first-order valence-electron chi connectivity index (χ1n) is 36.0. The van der Waals surface area contributed by atoms with Crippen LogP contribution in [0.5, 0.6) is 0 Å². The minimum Gasteiger partial charge on any atom is -0.756 e. The molecule has 0 aromatic heterocycles. The zero-order valence-corrected chi connectivity index (χ0v) is 58.7. The average molecular weight is 1250 g/mol. The van der Waals surface area contributed by atoms with Gasteiger partial charge in [0.2, 0.25) is 0 Å². The largest absolute Gasteiger partial charge is 2.00 e. The van der Waals surface area contributed by atoms with E-state index in [0.717, 1.165) is 77.0 Å². The number of rotatable bonds is 68. The van der Waals surface area contributed by atoms with Crippen LogP contribution in [-0.2, 0) is 44.6 Å². The fourth-order valence-corrected chi connectivity index (χ4v) is 11.7. The Kier molecular flexibility index (Phi) is 79.5. The number of hydrogen-bond donors (Lipinski definition) is 0. The van der Waals surface area contributed by atoms with Crippen molar-refractivity contribution in [3.05, 3.63) is 48.6 Å². The standard InChI is InChI=1S/2C36H71O4P.Cr/c2*1-3-5-7-9-11-13-15-17-19-21-23-25-27-29-31-33-35-39-41(37,38)40-36-34-32-30-28-26-24-22-20-18-16-14-12-10-8-6-4-2;/h2*17-20H,3-16,21-36H2,1-2H3,(H,37,38);/q;;+2/p-2. The molecule has 11 heteroatoms. The zero-order valence-electron chi connectivity index (χ0n) is 55.6. The third-order valence-corrected chi connectivity index (χ3v) is 17.6. The molecule has 8 nitrogen and oxygen atoms in total. The molecule has 0 saturated heterocycles. The molecule has 0 saturated carbocycles. The van der Waals surface area contributed by atoms with Crippen molar-refractivity contribution < 1.29 is 54.4 Å². The Bertz CT molecular complexity index is 1220. The molecule has 0 aromatic carbocycles. The molecule has 0 amide bonds. The Morgan fingerprint density at radius 2 is 0.337 bits per heavy atom. The summed E-state index contributed by atoms with van der Waals surface area (Å²) >= 11 is 0. The van der Waals surface area contributed by atoms with Crippen molar-refractivity contribution >= 4 is 15.6 Å². The van der Waals surface area contributed by atoms with E-state index in [1.165, 1.54) is 283 Å². The monoisotopic (exact) mass is 1250 g/mol. The van der Waals surface area contributed by atoms with Gasteiger partial charge in [0.15, 0.2) is 0 Å². The SMILES string of the molecule is CCCCCCCCC=CCCCCCCCCOP(=O)([O-])OCCCCCCCCC=CCCCCCCCC.CCCCCCCCC=CCCCCCCCCOP(=O)([O-])OCCCCCCCCC=CCCCCCCCC.[Cr+2]. The average Bonchev–Trinajstić information content (AvgIpc) is 3.46. The van der Waals surface area contributed by atoms with Crippen molar-refractivity contribution in [1.82, 2.24) is 0 Å². The minimum absolute atomic E-state index is 0. The smallest absolute Gasteiger partial charge is 0.756 e. The summed E-state index contributed by atoms with van der Waals surface area (Å²) in [6, 6.07) is 0. The first-order valence-corrected chi connectivity index (χ1v) is 39.0. The van der Waals surface area contributed by atoms with Gasteiger partial charge in [0.1, 0.15) is 0 Å². The Labute approximate surface area is 529 Å². The fraction of sp³-hybridized carbons (Fsp3) is 0.889. The number of unbranched alkanes of at least 4 members (excludes halogenated alkanes) is 48. The summed E-state index contributed by atoms with van der Waals surface area (Å²) in [6.07, 6.45) is 88.0. The van der Waals surface area contributed by atoms with E-state index in [4.69, 9.17) is 18.1 Å². The van der Waals surface area contributed by atoms with E-state index in [-0.39, 0.29) is 43.8 Å². The van der Waals surface area contributed by atoms with Crippen LogP contribution in [0.1, 0.15) is 387 Å². The Hall–Kier alpha value is -0.288. The molecule has 0 aliphatic rings. The summed E-state index contributed by atoms with van der Waals surface area (Å²) in [4.78, 5) is 23.8. The van der Waals surface area contributed by atoms with Crippen molar-refractivity contribution in [3.63, 3.8) is 0 Å². The van der Waals surface area contributed by atoms with E-state index >= 15 is 0 Å². The molecule has 0 N–H and O–H groups in total. The molecule has 0 aliphatic carbocycles. The van der Waals surface area contributed by atoms with Crippen LogP contribution in [-0.4, -0.2) is 26.4 Å². The summed E-state index contributed by atoms with van der Waals surface area (Å²) in [5.74, 6) is 0. The number of hydrogen-bond acceptors (Lipinski definition) is 8.